The van der Waals surface area contributed by atoms with E-state index in [1.807, 2.05) is 4.90 Å². The molecule has 1 aliphatic carbocycles. The smallest absolute Gasteiger partial charge is 0.257 e. The molecule has 1 unspecified atom stereocenters. The van der Waals surface area contributed by atoms with Crippen LogP contribution in [0.3, 0.4) is 0 Å². The second-order valence-corrected chi connectivity index (χ2v) is 7.01. The molecule has 1 saturated carbocycles. The number of likely N-dealkylation sites (tertiary alicyclic amines) is 1. The van der Waals surface area contributed by atoms with Gasteiger partial charge in [0.1, 0.15) is 0 Å². The first-order valence-electron chi connectivity index (χ1n) is 8.75. The van der Waals surface area contributed by atoms with Crippen molar-refractivity contribution in [3.05, 3.63) is 29.2 Å². The zero-order valence-electron chi connectivity index (χ0n) is 14.4. The number of carbonyl (C=O) groups is 1. The summed E-state index contributed by atoms with van der Waals surface area (Å²) in [6.07, 6.45) is 5.09. The lowest BCUT2D eigenvalue weighted by Crippen LogP contribution is -2.48. The summed E-state index contributed by atoms with van der Waals surface area (Å²) in [5, 5.41) is 8.34. The maximum atomic E-state index is 12.9. The van der Waals surface area contributed by atoms with Gasteiger partial charge in [-0.25, -0.2) is 0 Å². The summed E-state index contributed by atoms with van der Waals surface area (Å²) in [6, 6.07) is 0.327. The van der Waals surface area contributed by atoms with E-state index in [1.165, 1.54) is 0 Å². The van der Waals surface area contributed by atoms with Gasteiger partial charge in [0.2, 0.25) is 5.89 Å². The zero-order valence-corrected chi connectivity index (χ0v) is 14.4. The van der Waals surface area contributed by atoms with Crippen molar-refractivity contribution in [2.24, 2.45) is 0 Å². The van der Waals surface area contributed by atoms with Gasteiger partial charge in [-0.1, -0.05) is 12.1 Å². The summed E-state index contributed by atoms with van der Waals surface area (Å²) >= 11 is 0. The van der Waals surface area contributed by atoms with Crippen LogP contribution in [0.25, 0.3) is 0 Å². The van der Waals surface area contributed by atoms with Crippen molar-refractivity contribution in [2.45, 2.75) is 57.9 Å². The third-order valence-electron chi connectivity index (χ3n) is 5.10. The van der Waals surface area contributed by atoms with Gasteiger partial charge in [-0.15, -0.1) is 0 Å². The summed E-state index contributed by atoms with van der Waals surface area (Å²) in [5.41, 5.74) is 1.91. The summed E-state index contributed by atoms with van der Waals surface area (Å²) < 4.78 is 7.27. The Bertz CT molecular complexity index is 755. The fourth-order valence-corrected chi connectivity index (χ4v) is 3.27. The number of carbonyl (C=O) groups excluding carboxylic acids is 1. The molecule has 3 heterocycles. The van der Waals surface area contributed by atoms with E-state index in [0.717, 1.165) is 30.5 Å². The van der Waals surface area contributed by atoms with Crippen LogP contribution in [0.5, 0.6) is 0 Å². The molecule has 0 N–H and O–H groups in total. The third-order valence-corrected chi connectivity index (χ3v) is 5.10. The van der Waals surface area contributed by atoms with Gasteiger partial charge in [-0.3, -0.25) is 9.48 Å². The topological polar surface area (TPSA) is 77.1 Å². The number of hydrogen-bond acceptors (Lipinski definition) is 5. The molecule has 1 amide bonds. The lowest BCUT2D eigenvalue weighted by atomic mass is 9.98. The van der Waals surface area contributed by atoms with Crippen molar-refractivity contribution in [2.75, 3.05) is 13.1 Å². The first-order valence-corrected chi connectivity index (χ1v) is 8.75. The van der Waals surface area contributed by atoms with Gasteiger partial charge in [0.05, 0.1) is 23.4 Å². The van der Waals surface area contributed by atoms with Crippen LogP contribution in [-0.4, -0.2) is 43.8 Å². The number of nitrogens with zero attached hydrogens (tertiary/aromatic N) is 5. The molecule has 1 aliphatic heterocycles. The second-order valence-electron chi connectivity index (χ2n) is 7.01. The highest BCUT2D eigenvalue weighted by atomic mass is 16.5. The molecule has 2 aromatic heterocycles. The maximum Gasteiger partial charge on any atom is 0.257 e. The molecule has 2 fully saturated rings. The average molecular weight is 329 g/mol. The quantitative estimate of drug-likeness (QED) is 0.843. The fraction of sp³-hybridized carbons (Fsp3) is 0.647. The molecular formula is C17H23N5O2. The van der Waals surface area contributed by atoms with Crippen LogP contribution in [0, 0.1) is 6.92 Å². The first-order chi connectivity index (χ1) is 11.6. The molecule has 7 nitrogen and oxygen atoms in total. The van der Waals surface area contributed by atoms with Crippen molar-refractivity contribution in [3.8, 4) is 0 Å². The minimum Gasteiger partial charge on any atom is -0.339 e. The lowest BCUT2D eigenvalue weighted by molar-refractivity contribution is 0.0567. The Labute approximate surface area is 141 Å². The van der Waals surface area contributed by atoms with Crippen molar-refractivity contribution >= 4 is 5.91 Å². The van der Waals surface area contributed by atoms with Crippen molar-refractivity contribution in [3.63, 3.8) is 0 Å². The fourth-order valence-electron chi connectivity index (χ4n) is 3.27. The van der Waals surface area contributed by atoms with Crippen LogP contribution < -0.4 is 0 Å². The second kappa shape index (κ2) is 5.72. The number of amides is 1. The van der Waals surface area contributed by atoms with Gasteiger partial charge in [0.15, 0.2) is 5.82 Å². The van der Waals surface area contributed by atoms with Crippen LogP contribution in [0.15, 0.2) is 10.7 Å². The van der Waals surface area contributed by atoms with Crippen LogP contribution >= 0.6 is 0 Å². The van der Waals surface area contributed by atoms with Gasteiger partial charge < -0.3 is 9.42 Å². The minimum atomic E-state index is 0.0824. The highest BCUT2D eigenvalue weighted by Gasteiger charge is 2.39. The van der Waals surface area contributed by atoms with E-state index in [9.17, 15) is 4.79 Å². The lowest BCUT2D eigenvalue weighted by Gasteiger charge is -2.37. The van der Waals surface area contributed by atoms with Gasteiger partial charge >= 0.3 is 0 Å². The highest BCUT2D eigenvalue weighted by Crippen LogP contribution is 2.43. The highest BCUT2D eigenvalue weighted by molar-refractivity contribution is 5.96. The molecule has 2 aromatic rings. The van der Waals surface area contributed by atoms with E-state index < -0.39 is 0 Å². The molecule has 24 heavy (non-hydrogen) atoms. The van der Waals surface area contributed by atoms with E-state index in [-0.39, 0.29) is 11.8 Å². The molecule has 1 atom stereocenters. The molecule has 4 rings (SSSR count). The van der Waals surface area contributed by atoms with Crippen molar-refractivity contribution in [1.82, 2.24) is 24.8 Å². The molecule has 0 bridgehead atoms. The Kier molecular flexibility index (Phi) is 3.66. The number of aromatic nitrogens is 4. The summed E-state index contributed by atoms with van der Waals surface area (Å²) in [7, 11) is 0. The summed E-state index contributed by atoms with van der Waals surface area (Å²) in [4.78, 5) is 19.0. The molecular weight excluding hydrogens is 306 g/mol. The zero-order chi connectivity index (χ0) is 16.8. The van der Waals surface area contributed by atoms with E-state index in [4.69, 9.17) is 4.52 Å². The minimum absolute atomic E-state index is 0.0824. The van der Waals surface area contributed by atoms with Crippen LogP contribution in [-0.2, 0) is 0 Å². The number of rotatable bonds is 5. The Morgan fingerprint density at radius 1 is 1.38 bits per heavy atom. The van der Waals surface area contributed by atoms with Gasteiger partial charge in [0.25, 0.3) is 5.91 Å². The van der Waals surface area contributed by atoms with E-state index in [1.54, 1.807) is 13.1 Å². The summed E-state index contributed by atoms with van der Waals surface area (Å²) in [6.45, 7) is 7.39. The Hall–Kier alpha value is -2.18. The van der Waals surface area contributed by atoms with E-state index in [0.29, 0.717) is 36.8 Å². The maximum absolute atomic E-state index is 12.9. The number of hydrogen-bond donors (Lipinski definition) is 0. The predicted molar refractivity (Wildman–Crippen MR) is 86.9 cm³/mol. The first kappa shape index (κ1) is 15.4. The SMILES string of the molecule is CCC(C)n1ncc(C(=O)N2CC(c3nc(C)no3)C2)c1C1CC1. The van der Waals surface area contributed by atoms with Crippen molar-refractivity contribution in [1.29, 1.82) is 0 Å². The molecule has 0 spiro atoms. The molecule has 1 saturated heterocycles. The van der Waals surface area contributed by atoms with Gasteiger partial charge in [-0.05, 0) is 33.1 Å². The Balaban J connectivity index is 1.50. The predicted octanol–water partition coefficient (Wildman–Crippen LogP) is 2.66. The standard InChI is InChI=1S/C17H23N5O2/c1-4-10(2)22-15(12-5-6-12)14(7-18-22)17(23)21-8-13(9-21)16-19-11(3)20-24-16/h7,10,12-13H,4-6,8-9H2,1-3H3. The molecule has 0 radical (unpaired) electrons. The number of aryl methyl sites for hydroxylation is 1. The van der Waals surface area contributed by atoms with E-state index >= 15 is 0 Å². The Morgan fingerprint density at radius 2 is 2.12 bits per heavy atom. The summed E-state index contributed by atoms with van der Waals surface area (Å²) in [5.74, 6) is 2.01. The van der Waals surface area contributed by atoms with Gasteiger partial charge in [-0.2, -0.15) is 10.1 Å². The van der Waals surface area contributed by atoms with E-state index in [2.05, 4.69) is 33.8 Å². The van der Waals surface area contributed by atoms with Crippen LogP contribution in [0.2, 0.25) is 0 Å². The Morgan fingerprint density at radius 3 is 2.71 bits per heavy atom. The molecule has 0 aromatic carbocycles. The molecule has 128 valence electrons. The monoisotopic (exact) mass is 329 g/mol. The molecule has 2 aliphatic rings. The molecule has 7 heteroatoms. The van der Waals surface area contributed by atoms with Crippen molar-refractivity contribution < 1.29 is 9.32 Å². The van der Waals surface area contributed by atoms with Crippen LogP contribution in [0.4, 0.5) is 0 Å². The normalized spacial score (nSPS) is 19.4. The van der Waals surface area contributed by atoms with Gasteiger partial charge in [0, 0.05) is 25.0 Å². The largest absolute Gasteiger partial charge is 0.339 e. The third kappa shape index (κ3) is 2.52. The average Bonchev–Trinajstić information content (AvgIpc) is 3.13. The van der Waals surface area contributed by atoms with Crippen LogP contribution in [0.1, 0.15) is 78.8 Å².